The predicted octanol–water partition coefficient (Wildman–Crippen LogP) is 4.03. The Hall–Kier alpha value is -3.55. The number of alkyl halides is 2. The molecule has 3 aromatic rings. The van der Waals surface area contributed by atoms with Crippen molar-refractivity contribution in [1.29, 1.82) is 0 Å². The van der Waals surface area contributed by atoms with Gasteiger partial charge in [0.15, 0.2) is 0 Å². The molecule has 208 valence electrons. The number of carbonyl (C=O) groups excluding carboxylic acids is 2. The van der Waals surface area contributed by atoms with Crippen LogP contribution in [0.25, 0.3) is 0 Å². The lowest BCUT2D eigenvalue weighted by Gasteiger charge is -2.26. The first-order valence-corrected chi connectivity index (χ1v) is 14.1. The molecule has 3 aliphatic rings. The van der Waals surface area contributed by atoms with Crippen molar-refractivity contribution >= 4 is 39.9 Å². The SMILES string of the molecule is Cn1nc(OC(F)F)cc1Nc1nncn1C1CCc2sc(NC(=O)C3CC3)c(C(=O)NCC3CCC3)c2C1. The molecule has 0 bridgehead atoms. The van der Waals surface area contributed by atoms with E-state index in [1.54, 1.807) is 13.4 Å². The quantitative estimate of drug-likeness (QED) is 0.342. The molecule has 1 atom stereocenters. The number of aryl methyl sites for hydroxylation is 2. The molecule has 0 saturated heterocycles. The van der Waals surface area contributed by atoms with Crippen LogP contribution in [0, 0.1) is 11.8 Å². The van der Waals surface area contributed by atoms with Gasteiger partial charge in [0.25, 0.3) is 5.91 Å². The van der Waals surface area contributed by atoms with Crippen LogP contribution in [0.5, 0.6) is 5.88 Å². The summed E-state index contributed by atoms with van der Waals surface area (Å²) < 4.78 is 32.9. The molecule has 3 heterocycles. The number of aromatic nitrogens is 5. The monoisotopic (exact) mass is 560 g/mol. The highest BCUT2D eigenvalue weighted by molar-refractivity contribution is 7.17. The van der Waals surface area contributed by atoms with Crippen molar-refractivity contribution in [2.45, 2.75) is 64.0 Å². The fraction of sp³-hybridized carbons (Fsp3) is 0.560. The number of nitrogens with one attached hydrogen (secondary N) is 3. The molecule has 39 heavy (non-hydrogen) atoms. The highest BCUT2D eigenvalue weighted by Crippen LogP contribution is 2.43. The number of amides is 2. The van der Waals surface area contributed by atoms with Gasteiger partial charge in [-0.1, -0.05) is 6.42 Å². The van der Waals surface area contributed by atoms with Gasteiger partial charge in [0.05, 0.1) is 5.56 Å². The number of carbonyl (C=O) groups is 2. The van der Waals surface area contributed by atoms with Crippen molar-refractivity contribution in [3.05, 3.63) is 28.4 Å². The van der Waals surface area contributed by atoms with E-state index < -0.39 is 6.61 Å². The molecule has 1 unspecified atom stereocenters. The van der Waals surface area contributed by atoms with Gasteiger partial charge in [-0.2, -0.15) is 8.78 Å². The number of thiophene rings is 1. The average molecular weight is 561 g/mol. The third kappa shape index (κ3) is 5.47. The first-order chi connectivity index (χ1) is 18.9. The van der Waals surface area contributed by atoms with E-state index in [9.17, 15) is 18.4 Å². The summed E-state index contributed by atoms with van der Waals surface area (Å²) in [5.41, 5.74) is 1.51. The Kier molecular flexibility index (Phi) is 6.95. The summed E-state index contributed by atoms with van der Waals surface area (Å²) in [6.45, 7) is -2.33. The Bertz CT molecular complexity index is 1380. The smallest absolute Gasteiger partial charge is 0.388 e. The lowest BCUT2D eigenvalue weighted by molar-refractivity contribution is -0.117. The zero-order valence-electron chi connectivity index (χ0n) is 21.5. The summed E-state index contributed by atoms with van der Waals surface area (Å²) in [5.74, 6) is 1.01. The molecule has 14 heteroatoms. The Morgan fingerprint density at radius 3 is 2.77 bits per heavy atom. The van der Waals surface area contributed by atoms with Crippen LogP contribution in [0.15, 0.2) is 12.4 Å². The minimum absolute atomic E-state index is 0.0187. The van der Waals surface area contributed by atoms with Crippen LogP contribution in [0.4, 0.5) is 25.5 Å². The minimum Gasteiger partial charge on any atom is -0.415 e. The number of halogens is 2. The highest BCUT2D eigenvalue weighted by atomic mass is 32.1. The second-order valence-electron chi connectivity index (χ2n) is 10.4. The zero-order valence-corrected chi connectivity index (χ0v) is 22.3. The Labute approximate surface area is 227 Å². The van der Waals surface area contributed by atoms with Crippen molar-refractivity contribution in [3.8, 4) is 5.88 Å². The van der Waals surface area contributed by atoms with Gasteiger partial charge in [-0.25, -0.2) is 4.68 Å². The number of rotatable bonds is 10. The van der Waals surface area contributed by atoms with E-state index in [-0.39, 0.29) is 29.7 Å². The first-order valence-electron chi connectivity index (χ1n) is 13.2. The standard InChI is InChI=1S/C25H30F2N8O3S/c1-34-18(10-19(33-34)38-24(26)27)30-25-32-29-12-35(25)15-7-8-17-16(9-15)20(22(37)28-11-13-3-2-4-13)23(39-17)31-21(36)14-5-6-14/h10,12-15,24H,2-9,11H2,1H3,(H,28,37)(H,30,32)(H,31,36). The average Bonchev–Trinajstić information content (AvgIpc) is 3.38. The molecule has 3 N–H and O–H groups in total. The summed E-state index contributed by atoms with van der Waals surface area (Å²) in [4.78, 5) is 27.2. The molecule has 6 rings (SSSR count). The fourth-order valence-electron chi connectivity index (χ4n) is 5.13. The van der Waals surface area contributed by atoms with Crippen LogP contribution in [0.3, 0.4) is 0 Å². The maximum atomic E-state index is 13.5. The van der Waals surface area contributed by atoms with E-state index in [0.717, 1.165) is 49.0 Å². The summed E-state index contributed by atoms with van der Waals surface area (Å²) in [6.07, 6.45) is 8.94. The largest absolute Gasteiger partial charge is 0.415 e. The third-order valence-electron chi connectivity index (χ3n) is 7.70. The van der Waals surface area contributed by atoms with Crippen LogP contribution in [-0.4, -0.2) is 49.5 Å². The molecular formula is C25H30F2N8O3S. The number of hydrogen-bond donors (Lipinski definition) is 3. The number of hydrogen-bond acceptors (Lipinski definition) is 8. The lowest BCUT2D eigenvalue weighted by Crippen LogP contribution is -2.33. The second kappa shape index (κ2) is 10.5. The normalized spacial score (nSPS) is 18.9. The van der Waals surface area contributed by atoms with Gasteiger partial charge >= 0.3 is 6.61 Å². The number of nitrogens with zero attached hydrogens (tertiary/aromatic N) is 5. The summed E-state index contributed by atoms with van der Waals surface area (Å²) in [6, 6.07) is 1.31. The van der Waals surface area contributed by atoms with E-state index in [0.29, 0.717) is 41.2 Å². The van der Waals surface area contributed by atoms with E-state index in [4.69, 9.17) is 0 Å². The van der Waals surface area contributed by atoms with Crippen LogP contribution in [0.2, 0.25) is 0 Å². The number of anilines is 3. The fourth-order valence-corrected chi connectivity index (χ4v) is 6.38. The van der Waals surface area contributed by atoms with Gasteiger partial charge in [0.1, 0.15) is 17.1 Å². The van der Waals surface area contributed by atoms with Crippen LogP contribution in [-0.2, 0) is 24.7 Å². The topological polar surface area (TPSA) is 128 Å². The van der Waals surface area contributed by atoms with E-state index in [1.165, 1.54) is 28.5 Å². The Morgan fingerprint density at radius 2 is 2.05 bits per heavy atom. The Morgan fingerprint density at radius 1 is 1.23 bits per heavy atom. The molecule has 0 aliphatic heterocycles. The molecule has 11 nitrogen and oxygen atoms in total. The summed E-state index contributed by atoms with van der Waals surface area (Å²) in [7, 11) is 1.60. The predicted molar refractivity (Wildman–Crippen MR) is 140 cm³/mol. The van der Waals surface area contributed by atoms with Gasteiger partial charge in [-0.15, -0.1) is 26.6 Å². The second-order valence-corrected chi connectivity index (χ2v) is 11.5. The molecule has 2 fully saturated rings. The molecule has 2 saturated carbocycles. The van der Waals surface area contributed by atoms with Crippen molar-refractivity contribution in [3.63, 3.8) is 0 Å². The van der Waals surface area contributed by atoms with Crippen molar-refractivity contribution in [1.82, 2.24) is 29.9 Å². The summed E-state index contributed by atoms with van der Waals surface area (Å²) >= 11 is 1.50. The summed E-state index contributed by atoms with van der Waals surface area (Å²) in [5, 5.41) is 22.1. The molecule has 3 aromatic heterocycles. The van der Waals surface area contributed by atoms with Crippen molar-refractivity contribution < 1.29 is 23.1 Å². The van der Waals surface area contributed by atoms with Gasteiger partial charge < -0.3 is 20.7 Å². The van der Waals surface area contributed by atoms with E-state index >= 15 is 0 Å². The van der Waals surface area contributed by atoms with Gasteiger partial charge in [0.2, 0.25) is 17.7 Å². The van der Waals surface area contributed by atoms with Gasteiger partial charge in [-0.05, 0) is 56.4 Å². The molecule has 0 radical (unpaired) electrons. The highest BCUT2D eigenvalue weighted by Gasteiger charge is 2.35. The van der Waals surface area contributed by atoms with Crippen molar-refractivity contribution in [2.75, 3.05) is 17.2 Å². The molecule has 0 spiro atoms. The van der Waals surface area contributed by atoms with Gasteiger partial charge in [-0.3, -0.25) is 14.2 Å². The van der Waals surface area contributed by atoms with Crippen LogP contribution >= 0.6 is 11.3 Å². The van der Waals surface area contributed by atoms with E-state index in [2.05, 4.69) is 36.0 Å². The molecule has 0 aromatic carbocycles. The van der Waals surface area contributed by atoms with Crippen LogP contribution in [0.1, 0.15) is 65.4 Å². The number of fused-ring (bicyclic) bond motifs is 1. The Balaban J connectivity index is 1.23. The first kappa shape index (κ1) is 25.7. The lowest BCUT2D eigenvalue weighted by atomic mass is 9.85. The maximum Gasteiger partial charge on any atom is 0.388 e. The molecule has 3 aliphatic carbocycles. The van der Waals surface area contributed by atoms with Gasteiger partial charge in [0, 0.05) is 36.5 Å². The maximum absolute atomic E-state index is 13.5. The van der Waals surface area contributed by atoms with Crippen LogP contribution < -0.4 is 20.7 Å². The zero-order chi connectivity index (χ0) is 27.1. The minimum atomic E-state index is -2.97. The van der Waals surface area contributed by atoms with Crippen molar-refractivity contribution in [2.24, 2.45) is 18.9 Å². The molecule has 2 amide bonds. The molecular weight excluding hydrogens is 530 g/mol. The number of ether oxygens (including phenoxy) is 1. The van der Waals surface area contributed by atoms with E-state index in [1.807, 2.05) is 4.57 Å². The third-order valence-corrected chi connectivity index (χ3v) is 8.90.